The van der Waals surface area contributed by atoms with Gasteiger partial charge in [0.15, 0.2) is 0 Å². The monoisotopic (exact) mass is 724 g/mol. The highest BCUT2D eigenvalue weighted by Crippen LogP contribution is 2.46. The highest BCUT2D eigenvalue weighted by molar-refractivity contribution is 6.67. The van der Waals surface area contributed by atoms with Gasteiger partial charge >= 0.3 is 20.9 Å². The summed E-state index contributed by atoms with van der Waals surface area (Å²) in [5.74, 6) is -28.7. The Morgan fingerprint density at radius 3 is 0.867 bits per heavy atom. The van der Waals surface area contributed by atoms with E-state index in [1.807, 2.05) is 0 Å². The van der Waals surface area contributed by atoms with Gasteiger partial charge in [-0.1, -0.05) is 0 Å². The molecule has 0 aliphatic heterocycles. The van der Waals surface area contributed by atoms with Crippen LogP contribution < -0.4 is 0 Å². The molecular weight excluding hydrogens is 690 g/mol. The Morgan fingerprint density at radius 1 is 0.378 bits per heavy atom. The molecule has 0 amide bonds. The normalized spacial score (nSPS) is 15.2. The predicted octanol–water partition coefficient (Wildman–Crippen LogP) is 11.3. The van der Waals surface area contributed by atoms with Crippen molar-refractivity contribution in [3.8, 4) is 0 Å². The second-order valence-electron chi connectivity index (χ2n) is 10.9. The molecule has 0 saturated heterocycles. The lowest BCUT2D eigenvalue weighted by molar-refractivity contribution is -0.216. The summed E-state index contributed by atoms with van der Waals surface area (Å²) in [4.78, 5) is 0. The smallest absolute Gasteiger partial charge is 0.394 e. The number of rotatable bonds is 22. The molecule has 45 heavy (non-hydrogen) atoms. The van der Waals surface area contributed by atoms with Gasteiger partial charge in [0.2, 0.25) is 0 Å². The molecule has 0 aromatic heterocycles. The Labute approximate surface area is 248 Å². The summed E-state index contributed by atoms with van der Waals surface area (Å²) in [6.07, 6.45) is -32.0. The molecule has 0 aromatic rings. The highest BCUT2D eigenvalue weighted by atomic mass is 28.4. The molecule has 21 heteroatoms. The lowest BCUT2D eigenvalue weighted by Gasteiger charge is -2.32. The van der Waals surface area contributed by atoms with E-state index in [4.69, 9.17) is 8.85 Å². The second-order valence-corrected chi connectivity index (χ2v) is 14.3. The molecule has 0 aliphatic rings. The molecule has 0 atom stereocenters. The maximum atomic E-state index is 14.3. The van der Waals surface area contributed by atoms with Crippen molar-refractivity contribution in [3.63, 3.8) is 0 Å². The molecule has 0 heterocycles. The van der Waals surface area contributed by atoms with Crippen molar-refractivity contribution in [1.29, 1.82) is 0 Å². The van der Waals surface area contributed by atoms with Gasteiger partial charge in [-0.25, -0.2) is 52.7 Å². The van der Waals surface area contributed by atoms with E-state index < -0.39 is 133 Å². The number of alkyl halides is 18. The fourth-order valence-corrected chi connectivity index (χ4v) is 8.13. The van der Waals surface area contributed by atoms with Gasteiger partial charge in [-0.3, -0.25) is 0 Å². The van der Waals surface area contributed by atoms with Crippen molar-refractivity contribution < 1.29 is 87.9 Å². The maximum absolute atomic E-state index is 14.3. The predicted molar refractivity (Wildman–Crippen MR) is 127 cm³/mol. The Morgan fingerprint density at radius 2 is 0.622 bits per heavy atom. The van der Waals surface area contributed by atoms with Crippen LogP contribution in [0.4, 0.5) is 79.0 Å². The molecule has 0 radical (unpaired) electrons. The average molecular weight is 725 g/mol. The molecule has 0 fully saturated rings. The molecule has 0 spiro atoms. The van der Waals surface area contributed by atoms with E-state index in [-0.39, 0.29) is 13.2 Å². The lowest BCUT2D eigenvalue weighted by atomic mass is 9.99. The summed E-state index contributed by atoms with van der Waals surface area (Å²) in [6.45, 7) is 2.34. The summed E-state index contributed by atoms with van der Waals surface area (Å²) in [7, 11) is -3.77. The highest BCUT2D eigenvalue weighted by Gasteiger charge is 2.55. The van der Waals surface area contributed by atoms with Crippen LogP contribution in [0.3, 0.4) is 0 Å². The largest absolute Gasteiger partial charge is 0.394 e. The van der Waals surface area contributed by atoms with E-state index in [0.29, 0.717) is 0 Å². The first kappa shape index (κ1) is 43.9. The Hall–Kier alpha value is -1.12. The van der Waals surface area contributed by atoms with Crippen molar-refractivity contribution in [1.82, 2.24) is 0 Å². The van der Waals surface area contributed by atoms with Gasteiger partial charge in [0.05, 0.1) is 25.7 Å². The van der Waals surface area contributed by atoms with Gasteiger partial charge in [-0.15, -0.1) is 0 Å². The molecular formula is C24H34F18O2Si. The van der Waals surface area contributed by atoms with E-state index in [0.717, 1.165) is 0 Å². The van der Waals surface area contributed by atoms with Crippen molar-refractivity contribution in [3.05, 3.63) is 0 Å². The molecule has 272 valence electrons. The van der Waals surface area contributed by atoms with Crippen LogP contribution in [0.25, 0.3) is 0 Å². The molecule has 0 aliphatic carbocycles. The summed E-state index contributed by atoms with van der Waals surface area (Å²) >= 11 is 0. The molecule has 0 N–H and O–H groups in total. The lowest BCUT2D eigenvalue weighted by Crippen LogP contribution is -2.43. The van der Waals surface area contributed by atoms with Gasteiger partial charge < -0.3 is 8.85 Å². The maximum Gasteiger partial charge on any atom is 0.394 e. The summed E-state index contributed by atoms with van der Waals surface area (Å²) < 4.78 is 250. The summed E-state index contributed by atoms with van der Waals surface area (Å²) in [5.41, 5.74) is 0. The van der Waals surface area contributed by atoms with Crippen molar-refractivity contribution in [2.24, 2.45) is 0 Å². The zero-order valence-corrected chi connectivity index (χ0v) is 25.0. The fourth-order valence-electron chi connectivity index (χ4n) is 4.74. The van der Waals surface area contributed by atoms with Crippen LogP contribution in [-0.2, 0) is 8.85 Å². The molecule has 2 nitrogen and oxygen atoms in total. The minimum Gasteiger partial charge on any atom is -0.394 e. The van der Waals surface area contributed by atoms with E-state index >= 15 is 0 Å². The van der Waals surface area contributed by atoms with Gasteiger partial charge in [0, 0.05) is 26.1 Å². The van der Waals surface area contributed by atoms with Crippen LogP contribution in [0.1, 0.15) is 78.1 Å². The number of halogens is 18. The molecule has 0 unspecified atom stereocenters. The van der Waals surface area contributed by atoms with Gasteiger partial charge in [-0.05, 0) is 38.8 Å². The molecule has 0 saturated carbocycles. The summed E-state index contributed by atoms with van der Waals surface area (Å²) in [5, 5.41) is 0. The van der Waals surface area contributed by atoms with E-state index in [1.165, 1.54) is 13.8 Å². The van der Waals surface area contributed by atoms with Crippen LogP contribution in [0.15, 0.2) is 0 Å². The zero-order valence-electron chi connectivity index (χ0n) is 24.0. The van der Waals surface area contributed by atoms with E-state index in [2.05, 4.69) is 0 Å². The topological polar surface area (TPSA) is 18.5 Å². The van der Waals surface area contributed by atoms with Crippen LogP contribution in [0.2, 0.25) is 12.1 Å². The SMILES string of the molecule is CCO[Si](CCCC(F)(F)CC(F)(F)CC(F)(F)CC(F)(F)F)(CCCC(F)(F)CC(F)(F)CC(F)(F)CC(F)(F)F)OCC. The van der Waals surface area contributed by atoms with E-state index in [9.17, 15) is 79.0 Å². The minimum atomic E-state index is -5.55. The second kappa shape index (κ2) is 15.8. The molecule has 0 rings (SSSR count). The third-order valence-corrected chi connectivity index (χ3v) is 9.86. The first-order valence-corrected chi connectivity index (χ1v) is 15.7. The summed E-state index contributed by atoms with van der Waals surface area (Å²) in [6, 6.07) is -0.989. The van der Waals surface area contributed by atoms with Crippen molar-refractivity contribution >= 4 is 8.56 Å². The van der Waals surface area contributed by atoms with Crippen LogP contribution >= 0.6 is 0 Å². The first-order valence-electron chi connectivity index (χ1n) is 13.5. The van der Waals surface area contributed by atoms with E-state index in [1.54, 1.807) is 0 Å². The molecule has 0 aromatic carbocycles. The zero-order chi connectivity index (χ0) is 35.8. The average Bonchev–Trinajstić information content (AvgIpc) is 2.65. The van der Waals surface area contributed by atoms with Crippen LogP contribution in [0.5, 0.6) is 0 Å². The number of hydrogen-bond donors (Lipinski definition) is 0. The van der Waals surface area contributed by atoms with Gasteiger partial charge in [0.1, 0.15) is 12.8 Å². The van der Waals surface area contributed by atoms with Gasteiger partial charge in [-0.2, -0.15) is 26.3 Å². The first-order chi connectivity index (χ1) is 19.8. The van der Waals surface area contributed by atoms with Crippen LogP contribution in [0, 0.1) is 0 Å². The third-order valence-electron chi connectivity index (χ3n) is 6.00. The number of hydrogen-bond acceptors (Lipinski definition) is 2. The minimum absolute atomic E-state index is 0.197. The standard InChI is InChI=1S/C24H34F18O2Si/c1-3-43-45(44-4-2,9-5-7-17(25,26)11-19(29,30)13-21(33,34)15-23(37,38)39)10-6-8-18(27,28)12-20(31,32)14-22(35,36)16-24(40,41)42/h3-16H2,1-2H3. The van der Waals surface area contributed by atoms with Crippen molar-refractivity contribution in [2.75, 3.05) is 13.2 Å². The van der Waals surface area contributed by atoms with Crippen LogP contribution in [-0.4, -0.2) is 69.7 Å². The Kier molecular flexibility index (Phi) is 15.5. The Balaban J connectivity index is 5.35. The third kappa shape index (κ3) is 20.7. The molecule has 0 bridgehead atoms. The fraction of sp³-hybridized carbons (Fsp3) is 1.00. The van der Waals surface area contributed by atoms with Crippen molar-refractivity contribution in [2.45, 2.75) is 138 Å². The Bertz CT molecular complexity index is 803. The quantitative estimate of drug-likeness (QED) is 0.0818. The van der Waals surface area contributed by atoms with Gasteiger partial charge in [0.25, 0.3) is 35.5 Å².